The highest BCUT2D eigenvalue weighted by Gasteiger charge is 2.41. The van der Waals surface area contributed by atoms with E-state index in [4.69, 9.17) is 4.74 Å². The Morgan fingerprint density at radius 3 is 2.47 bits per heavy atom. The van der Waals surface area contributed by atoms with Crippen molar-refractivity contribution in [2.24, 2.45) is 11.8 Å². The Balaban J connectivity index is 2.73. The molecule has 0 radical (unpaired) electrons. The summed E-state index contributed by atoms with van der Waals surface area (Å²) in [5.41, 5.74) is 0.0121. The molecular formula is C14H27NO2. The second kappa shape index (κ2) is 5.85. The fourth-order valence-electron chi connectivity index (χ4n) is 2.89. The standard InChI is InChI=1S/C14H27NO2/c1-6-17-13(16)10-14(15(4)5)8-7-11(2)12(3)9-14/h11-12H,6-10H2,1-5H3. The van der Waals surface area contributed by atoms with Gasteiger partial charge in [-0.25, -0.2) is 0 Å². The van der Waals surface area contributed by atoms with Gasteiger partial charge in [0.25, 0.3) is 0 Å². The van der Waals surface area contributed by atoms with Crippen LogP contribution in [0.5, 0.6) is 0 Å². The normalized spacial score (nSPS) is 33.8. The minimum atomic E-state index is -0.0528. The molecule has 0 aromatic heterocycles. The average molecular weight is 241 g/mol. The second-order valence-electron chi connectivity index (χ2n) is 5.80. The predicted octanol–water partition coefficient (Wildman–Crippen LogP) is 2.70. The Hall–Kier alpha value is -0.570. The van der Waals surface area contributed by atoms with Gasteiger partial charge in [0.2, 0.25) is 0 Å². The molecule has 0 spiro atoms. The molecule has 0 bridgehead atoms. The Bertz CT molecular complexity index is 265. The molecule has 0 amide bonds. The Morgan fingerprint density at radius 1 is 1.35 bits per heavy atom. The van der Waals surface area contributed by atoms with Crippen molar-refractivity contribution in [1.29, 1.82) is 0 Å². The minimum Gasteiger partial charge on any atom is -0.466 e. The number of esters is 1. The highest BCUT2D eigenvalue weighted by Crippen LogP contribution is 2.41. The van der Waals surface area contributed by atoms with Crippen LogP contribution in [0.25, 0.3) is 0 Å². The van der Waals surface area contributed by atoms with E-state index in [-0.39, 0.29) is 11.5 Å². The number of nitrogens with zero attached hydrogens (tertiary/aromatic N) is 1. The van der Waals surface area contributed by atoms with E-state index in [0.29, 0.717) is 18.9 Å². The molecule has 3 unspecified atom stereocenters. The van der Waals surface area contributed by atoms with Crippen molar-refractivity contribution >= 4 is 5.97 Å². The van der Waals surface area contributed by atoms with Crippen LogP contribution in [0.15, 0.2) is 0 Å². The lowest BCUT2D eigenvalue weighted by molar-refractivity contribution is -0.147. The van der Waals surface area contributed by atoms with Crippen LogP contribution >= 0.6 is 0 Å². The molecule has 1 aliphatic carbocycles. The summed E-state index contributed by atoms with van der Waals surface area (Å²) in [6, 6.07) is 0. The molecular weight excluding hydrogens is 214 g/mol. The lowest BCUT2D eigenvalue weighted by Gasteiger charge is -2.46. The van der Waals surface area contributed by atoms with E-state index in [1.165, 1.54) is 6.42 Å². The summed E-state index contributed by atoms with van der Waals surface area (Å²) in [5, 5.41) is 0. The van der Waals surface area contributed by atoms with Crippen LogP contribution in [0.1, 0.15) is 46.5 Å². The third-order valence-corrected chi connectivity index (χ3v) is 4.47. The molecule has 0 saturated heterocycles. The van der Waals surface area contributed by atoms with Crippen LogP contribution < -0.4 is 0 Å². The van der Waals surface area contributed by atoms with Gasteiger partial charge in [-0.05, 0) is 52.1 Å². The molecule has 100 valence electrons. The van der Waals surface area contributed by atoms with Gasteiger partial charge in [-0.15, -0.1) is 0 Å². The number of carbonyl (C=O) groups is 1. The summed E-state index contributed by atoms with van der Waals surface area (Å²) >= 11 is 0. The topological polar surface area (TPSA) is 29.5 Å². The van der Waals surface area contributed by atoms with E-state index in [0.717, 1.165) is 18.8 Å². The SMILES string of the molecule is CCOC(=O)CC1(N(C)C)CCC(C)C(C)C1. The van der Waals surface area contributed by atoms with Crippen LogP contribution in [0.4, 0.5) is 0 Å². The van der Waals surface area contributed by atoms with E-state index < -0.39 is 0 Å². The first kappa shape index (κ1) is 14.5. The van der Waals surface area contributed by atoms with Crippen molar-refractivity contribution in [3.8, 4) is 0 Å². The summed E-state index contributed by atoms with van der Waals surface area (Å²) in [6.07, 6.45) is 3.94. The fourth-order valence-corrected chi connectivity index (χ4v) is 2.89. The van der Waals surface area contributed by atoms with E-state index in [2.05, 4.69) is 32.8 Å². The molecule has 1 saturated carbocycles. The van der Waals surface area contributed by atoms with Gasteiger partial charge in [0, 0.05) is 5.54 Å². The van der Waals surface area contributed by atoms with Gasteiger partial charge in [-0.2, -0.15) is 0 Å². The highest BCUT2D eigenvalue weighted by atomic mass is 16.5. The van der Waals surface area contributed by atoms with E-state index >= 15 is 0 Å². The Kier molecular flexibility index (Phi) is 4.99. The summed E-state index contributed by atoms with van der Waals surface area (Å²) < 4.78 is 5.12. The van der Waals surface area contributed by atoms with Crippen molar-refractivity contribution < 1.29 is 9.53 Å². The molecule has 1 aliphatic rings. The number of hydrogen-bond donors (Lipinski definition) is 0. The van der Waals surface area contributed by atoms with Gasteiger partial charge in [0.05, 0.1) is 13.0 Å². The minimum absolute atomic E-state index is 0.0121. The maximum atomic E-state index is 11.8. The lowest BCUT2D eigenvalue weighted by atomic mass is 9.69. The zero-order valence-corrected chi connectivity index (χ0v) is 12.0. The summed E-state index contributed by atoms with van der Waals surface area (Å²) in [5.74, 6) is 1.40. The van der Waals surface area contributed by atoms with Crippen LogP contribution in [-0.4, -0.2) is 37.1 Å². The van der Waals surface area contributed by atoms with Gasteiger partial charge in [-0.1, -0.05) is 13.8 Å². The molecule has 0 aliphatic heterocycles. The molecule has 3 nitrogen and oxygen atoms in total. The fraction of sp³-hybridized carbons (Fsp3) is 0.929. The average Bonchev–Trinajstić information content (AvgIpc) is 2.23. The first-order valence-electron chi connectivity index (χ1n) is 6.74. The van der Waals surface area contributed by atoms with E-state index in [1.807, 2.05) is 6.92 Å². The Labute approximate surface area is 106 Å². The van der Waals surface area contributed by atoms with Gasteiger partial charge in [-0.3, -0.25) is 4.79 Å². The summed E-state index contributed by atoms with van der Waals surface area (Å²) in [4.78, 5) is 14.0. The molecule has 1 fully saturated rings. The molecule has 0 aromatic rings. The number of carbonyl (C=O) groups excluding carboxylic acids is 1. The largest absolute Gasteiger partial charge is 0.466 e. The van der Waals surface area contributed by atoms with Gasteiger partial charge < -0.3 is 9.64 Å². The molecule has 3 heteroatoms. The first-order valence-corrected chi connectivity index (χ1v) is 6.74. The quantitative estimate of drug-likeness (QED) is 0.709. The van der Waals surface area contributed by atoms with Gasteiger partial charge in [0.15, 0.2) is 0 Å². The van der Waals surface area contributed by atoms with Crippen LogP contribution in [-0.2, 0) is 9.53 Å². The maximum absolute atomic E-state index is 11.8. The van der Waals surface area contributed by atoms with E-state index in [9.17, 15) is 4.79 Å². The zero-order chi connectivity index (χ0) is 13.1. The van der Waals surface area contributed by atoms with Crippen molar-refractivity contribution in [2.45, 2.75) is 52.0 Å². The van der Waals surface area contributed by atoms with Crippen LogP contribution in [0.3, 0.4) is 0 Å². The van der Waals surface area contributed by atoms with Crippen LogP contribution in [0, 0.1) is 11.8 Å². The number of hydrogen-bond acceptors (Lipinski definition) is 3. The second-order valence-corrected chi connectivity index (χ2v) is 5.80. The number of rotatable bonds is 4. The zero-order valence-electron chi connectivity index (χ0n) is 12.0. The predicted molar refractivity (Wildman–Crippen MR) is 69.8 cm³/mol. The van der Waals surface area contributed by atoms with E-state index in [1.54, 1.807) is 0 Å². The molecule has 0 N–H and O–H groups in total. The van der Waals surface area contributed by atoms with Crippen molar-refractivity contribution in [3.05, 3.63) is 0 Å². The molecule has 0 heterocycles. The molecule has 1 rings (SSSR count). The first-order chi connectivity index (χ1) is 7.91. The molecule has 0 aromatic carbocycles. The third-order valence-electron chi connectivity index (χ3n) is 4.47. The molecule has 3 atom stereocenters. The van der Waals surface area contributed by atoms with Crippen LogP contribution in [0.2, 0.25) is 0 Å². The van der Waals surface area contributed by atoms with Crippen molar-refractivity contribution in [3.63, 3.8) is 0 Å². The monoisotopic (exact) mass is 241 g/mol. The summed E-state index contributed by atoms with van der Waals surface area (Å²) in [6.45, 7) is 6.96. The highest BCUT2D eigenvalue weighted by molar-refractivity contribution is 5.71. The van der Waals surface area contributed by atoms with Gasteiger partial charge in [0.1, 0.15) is 0 Å². The number of ether oxygens (including phenoxy) is 1. The summed E-state index contributed by atoms with van der Waals surface area (Å²) in [7, 11) is 4.17. The maximum Gasteiger partial charge on any atom is 0.307 e. The molecule has 17 heavy (non-hydrogen) atoms. The Morgan fingerprint density at radius 2 is 2.00 bits per heavy atom. The van der Waals surface area contributed by atoms with Crippen molar-refractivity contribution in [1.82, 2.24) is 4.90 Å². The smallest absolute Gasteiger partial charge is 0.307 e. The van der Waals surface area contributed by atoms with Gasteiger partial charge >= 0.3 is 5.97 Å². The third kappa shape index (κ3) is 3.44. The lowest BCUT2D eigenvalue weighted by Crippen LogP contribution is -2.50. The van der Waals surface area contributed by atoms with Crippen molar-refractivity contribution in [2.75, 3.05) is 20.7 Å².